The summed E-state index contributed by atoms with van der Waals surface area (Å²) in [6.45, 7) is 0. The molecule has 1 unspecified atom stereocenters. The summed E-state index contributed by atoms with van der Waals surface area (Å²) in [5.41, 5.74) is 2.95. The minimum atomic E-state index is -0.894. The number of para-hydroxylation sites is 1. The molecule has 0 radical (unpaired) electrons. The molecule has 0 saturated carbocycles. The number of fused-ring (bicyclic) bond motifs is 5. The Morgan fingerprint density at radius 2 is 1.63 bits per heavy atom. The van der Waals surface area contributed by atoms with Gasteiger partial charge in [-0.2, -0.15) is 0 Å². The molecule has 0 saturated heterocycles. The average molecular weight is 248 g/mol. The van der Waals surface area contributed by atoms with Gasteiger partial charge in [-0.15, -0.1) is 0 Å². The van der Waals surface area contributed by atoms with Gasteiger partial charge in [-0.25, -0.2) is 0 Å². The van der Waals surface area contributed by atoms with E-state index in [9.17, 15) is 5.11 Å². The van der Waals surface area contributed by atoms with E-state index in [-0.39, 0.29) is 0 Å². The van der Waals surface area contributed by atoms with E-state index >= 15 is 0 Å². The normalized spacial score (nSPS) is 16.6. The van der Waals surface area contributed by atoms with Crippen LogP contribution in [-0.4, -0.2) is 5.11 Å². The molecule has 2 heteroatoms. The molecular formula is C17H12O2. The Labute approximate surface area is 110 Å². The average Bonchev–Trinajstić information content (AvgIpc) is 2.47. The van der Waals surface area contributed by atoms with Crippen LogP contribution in [0.3, 0.4) is 0 Å². The van der Waals surface area contributed by atoms with Crippen molar-refractivity contribution in [3.8, 4) is 16.9 Å². The summed E-state index contributed by atoms with van der Waals surface area (Å²) in [6, 6.07) is 20.0. The summed E-state index contributed by atoms with van der Waals surface area (Å²) in [7, 11) is 0. The van der Waals surface area contributed by atoms with Crippen LogP contribution in [0, 0.1) is 0 Å². The van der Waals surface area contributed by atoms with Gasteiger partial charge in [0, 0.05) is 16.7 Å². The second-order valence-electron chi connectivity index (χ2n) is 4.72. The molecule has 2 nitrogen and oxygen atoms in total. The number of ether oxygens (including phenoxy) is 1. The second kappa shape index (κ2) is 3.84. The molecule has 1 N–H and O–H groups in total. The zero-order valence-electron chi connectivity index (χ0n) is 10.2. The van der Waals surface area contributed by atoms with E-state index in [4.69, 9.17) is 4.74 Å². The van der Waals surface area contributed by atoms with E-state index in [2.05, 4.69) is 12.1 Å². The van der Waals surface area contributed by atoms with Gasteiger partial charge in [0.15, 0.2) is 0 Å². The predicted octanol–water partition coefficient (Wildman–Crippen LogP) is 3.89. The van der Waals surface area contributed by atoms with Crippen molar-refractivity contribution in [1.29, 1.82) is 0 Å². The van der Waals surface area contributed by atoms with Crippen LogP contribution in [-0.2, 0) is 0 Å². The summed E-state index contributed by atoms with van der Waals surface area (Å²) in [5, 5.41) is 12.5. The van der Waals surface area contributed by atoms with Crippen LogP contribution in [0.4, 0.5) is 0 Å². The van der Waals surface area contributed by atoms with Crippen LogP contribution in [0.25, 0.3) is 21.9 Å². The Hall–Kier alpha value is -2.32. The van der Waals surface area contributed by atoms with Crippen LogP contribution in [0.5, 0.6) is 5.75 Å². The van der Waals surface area contributed by atoms with Crippen molar-refractivity contribution in [2.75, 3.05) is 0 Å². The highest BCUT2D eigenvalue weighted by molar-refractivity contribution is 6.00. The smallest absolute Gasteiger partial charge is 0.224 e. The lowest BCUT2D eigenvalue weighted by atomic mass is 9.91. The SMILES string of the molecule is OC1Oc2ccccc2-c2c1ccc1ccccc21. The standard InChI is InChI=1S/C17H12O2/c18-17-14-10-9-11-5-1-2-6-12(11)16(14)13-7-3-4-8-15(13)19-17/h1-10,17-18H. The monoisotopic (exact) mass is 248 g/mol. The third-order valence-electron chi connectivity index (χ3n) is 3.62. The Morgan fingerprint density at radius 3 is 2.58 bits per heavy atom. The molecule has 0 bridgehead atoms. The van der Waals surface area contributed by atoms with Crippen LogP contribution in [0.1, 0.15) is 11.9 Å². The lowest BCUT2D eigenvalue weighted by molar-refractivity contribution is -0.0211. The summed E-state index contributed by atoms with van der Waals surface area (Å²) in [6.07, 6.45) is -0.894. The molecule has 92 valence electrons. The number of rotatable bonds is 0. The van der Waals surface area contributed by atoms with Crippen molar-refractivity contribution in [2.45, 2.75) is 6.29 Å². The second-order valence-corrected chi connectivity index (χ2v) is 4.72. The first-order valence-corrected chi connectivity index (χ1v) is 6.30. The van der Waals surface area contributed by atoms with Gasteiger partial charge in [-0.3, -0.25) is 0 Å². The van der Waals surface area contributed by atoms with Gasteiger partial charge >= 0.3 is 0 Å². The quantitative estimate of drug-likeness (QED) is 0.654. The molecule has 3 aromatic rings. The topological polar surface area (TPSA) is 29.5 Å². The van der Waals surface area contributed by atoms with E-state index in [1.54, 1.807) is 0 Å². The molecule has 19 heavy (non-hydrogen) atoms. The third-order valence-corrected chi connectivity index (χ3v) is 3.62. The third kappa shape index (κ3) is 1.47. The molecule has 1 aliphatic rings. The van der Waals surface area contributed by atoms with Crippen LogP contribution < -0.4 is 4.74 Å². The summed E-state index contributed by atoms with van der Waals surface area (Å²) in [4.78, 5) is 0. The predicted molar refractivity (Wildman–Crippen MR) is 75.0 cm³/mol. The Balaban J connectivity index is 2.16. The largest absolute Gasteiger partial charge is 0.460 e. The summed E-state index contributed by atoms with van der Waals surface area (Å²) in [5.74, 6) is 0.735. The van der Waals surface area contributed by atoms with E-state index in [1.165, 1.54) is 5.39 Å². The molecule has 0 spiro atoms. The van der Waals surface area contributed by atoms with Gasteiger partial charge in [-0.05, 0) is 16.8 Å². The van der Waals surface area contributed by atoms with Crippen LogP contribution in [0.2, 0.25) is 0 Å². The number of aliphatic hydroxyl groups is 1. The Bertz CT molecular complexity index is 777. The molecule has 1 atom stereocenters. The first-order valence-electron chi connectivity index (χ1n) is 6.30. The molecule has 0 aromatic heterocycles. The van der Waals surface area contributed by atoms with Crippen LogP contribution in [0.15, 0.2) is 60.7 Å². The molecule has 4 rings (SSSR count). The highest BCUT2D eigenvalue weighted by atomic mass is 16.6. The number of hydrogen-bond acceptors (Lipinski definition) is 2. The lowest BCUT2D eigenvalue weighted by Gasteiger charge is -2.26. The van der Waals surface area contributed by atoms with Crippen molar-refractivity contribution in [3.63, 3.8) is 0 Å². The first kappa shape index (κ1) is 10.6. The lowest BCUT2D eigenvalue weighted by Crippen LogP contribution is -2.13. The molecule has 0 fully saturated rings. The van der Waals surface area contributed by atoms with Gasteiger partial charge in [0.1, 0.15) is 5.75 Å². The molecule has 3 aromatic carbocycles. The molecule has 0 aliphatic carbocycles. The first-order chi connectivity index (χ1) is 9.34. The Morgan fingerprint density at radius 1 is 0.842 bits per heavy atom. The number of hydrogen-bond donors (Lipinski definition) is 1. The van der Waals surface area contributed by atoms with E-state index in [1.807, 2.05) is 48.5 Å². The van der Waals surface area contributed by atoms with Gasteiger partial charge in [0.25, 0.3) is 0 Å². The van der Waals surface area contributed by atoms with Crippen molar-refractivity contribution in [3.05, 3.63) is 66.2 Å². The van der Waals surface area contributed by atoms with Gasteiger partial charge in [0.2, 0.25) is 6.29 Å². The maximum absolute atomic E-state index is 10.1. The highest BCUT2D eigenvalue weighted by Gasteiger charge is 2.25. The molecule has 1 aliphatic heterocycles. The fourth-order valence-corrected chi connectivity index (χ4v) is 2.75. The van der Waals surface area contributed by atoms with E-state index < -0.39 is 6.29 Å². The maximum atomic E-state index is 10.1. The van der Waals surface area contributed by atoms with Crippen molar-refractivity contribution < 1.29 is 9.84 Å². The zero-order valence-corrected chi connectivity index (χ0v) is 10.2. The molecular weight excluding hydrogens is 236 g/mol. The Kier molecular flexibility index (Phi) is 2.14. The van der Waals surface area contributed by atoms with E-state index in [0.29, 0.717) is 0 Å². The summed E-state index contributed by atoms with van der Waals surface area (Å²) < 4.78 is 5.56. The zero-order chi connectivity index (χ0) is 12.8. The van der Waals surface area contributed by atoms with Crippen molar-refractivity contribution in [2.24, 2.45) is 0 Å². The maximum Gasteiger partial charge on any atom is 0.224 e. The molecule has 0 amide bonds. The molecule has 1 heterocycles. The van der Waals surface area contributed by atoms with Gasteiger partial charge < -0.3 is 9.84 Å². The van der Waals surface area contributed by atoms with Crippen LogP contribution >= 0.6 is 0 Å². The highest BCUT2D eigenvalue weighted by Crippen LogP contribution is 2.44. The minimum absolute atomic E-state index is 0.735. The van der Waals surface area contributed by atoms with Crippen molar-refractivity contribution >= 4 is 10.8 Å². The number of benzene rings is 3. The van der Waals surface area contributed by atoms with Crippen molar-refractivity contribution in [1.82, 2.24) is 0 Å². The van der Waals surface area contributed by atoms with Gasteiger partial charge in [0.05, 0.1) is 0 Å². The number of aliphatic hydroxyl groups excluding tert-OH is 1. The fraction of sp³-hybridized carbons (Fsp3) is 0.0588. The van der Waals surface area contributed by atoms with E-state index in [0.717, 1.165) is 27.8 Å². The fourth-order valence-electron chi connectivity index (χ4n) is 2.75. The van der Waals surface area contributed by atoms with Gasteiger partial charge in [-0.1, -0.05) is 54.6 Å². The minimum Gasteiger partial charge on any atom is -0.460 e. The summed E-state index contributed by atoms with van der Waals surface area (Å²) >= 11 is 0.